The number of aliphatic hydroxyl groups excluding tert-OH is 1. The number of rotatable bonds is 34. The number of nitrogens with two attached hydrogens (primary N) is 2. The number of carbonyl (C=O) groups excluding carboxylic acids is 13. The number of ether oxygens (including phenoxy) is 9. The van der Waals surface area contributed by atoms with Gasteiger partial charge < -0.3 is 82.3 Å². The van der Waals surface area contributed by atoms with Crippen LogP contribution in [0.25, 0.3) is 16.7 Å². The number of alkyl halides is 1. The average molecular weight is 2120 g/mol. The first kappa shape index (κ1) is 112. The molecule has 29 nitrogen and oxygen atoms in total. The Kier molecular flexibility index (Phi) is 54.4. The minimum Gasteiger partial charge on any atom is -0.515 e. The monoisotopic (exact) mass is 2120 g/mol. The second-order valence-corrected chi connectivity index (χ2v) is 31.1. The van der Waals surface area contributed by atoms with E-state index in [0.29, 0.717) is 105 Å². The highest BCUT2D eigenvalue weighted by Gasteiger charge is 2.30. The Labute approximate surface area is 796 Å². The third-order valence-electron chi connectivity index (χ3n) is 17.0. The fourth-order valence-electron chi connectivity index (χ4n) is 11.5. The van der Waals surface area contributed by atoms with Crippen molar-refractivity contribution in [3.63, 3.8) is 0 Å². The van der Waals surface area contributed by atoms with Crippen molar-refractivity contribution in [3.8, 4) is 0 Å². The van der Waals surface area contributed by atoms with E-state index in [1.54, 1.807) is 120 Å². The van der Waals surface area contributed by atoms with Gasteiger partial charge in [-0.1, -0.05) is 146 Å². The fraction of sp³-hybridized carbons (Fsp3) is 0.309. The van der Waals surface area contributed by atoms with Gasteiger partial charge in [0.2, 0.25) is 0 Å². The van der Waals surface area contributed by atoms with Gasteiger partial charge in [-0.25, -0.2) is 28.8 Å². The second kappa shape index (κ2) is 62.7. The maximum Gasteiger partial charge on any atom is 0.343 e. The molecule has 1 aliphatic rings. The van der Waals surface area contributed by atoms with Crippen molar-refractivity contribution in [2.24, 2.45) is 11.5 Å². The molecule has 0 fully saturated rings. The van der Waals surface area contributed by atoms with Crippen molar-refractivity contribution in [2.45, 2.75) is 128 Å². The maximum atomic E-state index is 12.3. The highest BCUT2D eigenvalue weighted by molar-refractivity contribution is 9.11. The number of benzene rings is 5. The molecule has 4 aromatic heterocycles. The number of carbonyl (C=O) groups is 13. The van der Waals surface area contributed by atoms with Gasteiger partial charge in [-0.2, -0.15) is 0 Å². The quantitative estimate of drug-likeness (QED) is 0.00641. The first-order chi connectivity index (χ1) is 61.9. The Morgan fingerprint density at radius 3 is 1.15 bits per heavy atom. The van der Waals surface area contributed by atoms with Crippen LogP contribution in [-0.2, 0) is 125 Å². The zero-order valence-electron chi connectivity index (χ0n) is 73.1. The molecule has 0 saturated carbocycles. The normalized spacial score (nSPS) is 10.9. The largest absolute Gasteiger partial charge is 0.515 e. The van der Waals surface area contributed by atoms with Crippen molar-refractivity contribution in [1.82, 2.24) is 18.3 Å². The predicted molar refractivity (Wildman–Crippen MR) is 507 cm³/mol. The number of halogens is 6. The summed E-state index contributed by atoms with van der Waals surface area (Å²) in [6.07, 6.45) is 11.0. The van der Waals surface area contributed by atoms with E-state index < -0.39 is 35.8 Å². The Balaban J connectivity index is 0.000000401. The van der Waals surface area contributed by atoms with Gasteiger partial charge in [0.15, 0.2) is 11.6 Å². The molecular formula is C94H106Br5ClN6O23. The van der Waals surface area contributed by atoms with Crippen LogP contribution in [-0.4, -0.2) is 167 Å². The minimum atomic E-state index is -0.712. The average Bonchev–Trinajstić information content (AvgIpc) is 1.63. The van der Waals surface area contributed by atoms with Gasteiger partial charge in [0.1, 0.15) is 24.1 Å². The van der Waals surface area contributed by atoms with Crippen LogP contribution >= 0.6 is 91.3 Å². The van der Waals surface area contributed by atoms with E-state index >= 15 is 0 Å². The summed E-state index contributed by atoms with van der Waals surface area (Å²) >= 11 is 21.8. The van der Waals surface area contributed by atoms with Crippen molar-refractivity contribution in [3.05, 3.63) is 284 Å². The van der Waals surface area contributed by atoms with E-state index in [4.69, 9.17) is 61.0 Å². The number of aliphatic hydroxyl groups is 1. The molecule has 0 atom stereocenters. The summed E-state index contributed by atoms with van der Waals surface area (Å²) in [5.41, 5.74) is 20.2. The molecule has 9 aromatic rings. The van der Waals surface area contributed by atoms with E-state index in [0.717, 1.165) is 50.8 Å². The van der Waals surface area contributed by atoms with Gasteiger partial charge >= 0.3 is 47.8 Å². The topological polar surface area (TPSA) is 397 Å². The Morgan fingerprint density at radius 1 is 0.434 bits per heavy atom. The molecule has 0 bridgehead atoms. The molecule has 0 unspecified atom stereocenters. The molecule has 1 aliphatic carbocycles. The summed E-state index contributed by atoms with van der Waals surface area (Å²) in [4.78, 5) is 148. The second-order valence-electron chi connectivity index (χ2n) is 26.2. The van der Waals surface area contributed by atoms with Crippen LogP contribution in [0.3, 0.4) is 0 Å². The lowest BCUT2D eigenvalue weighted by Crippen LogP contribution is -2.17. The molecule has 0 aliphatic heterocycles. The molecule has 0 amide bonds. The van der Waals surface area contributed by atoms with E-state index in [1.807, 2.05) is 137 Å². The third kappa shape index (κ3) is 39.6. The molecule has 0 spiro atoms. The SMILES string of the molecule is CCOC(=O)/C(=C\N)c1c(C(=O)OCC)ccn1Cc1ccc(Br)cc1.CCOC(=O)/C(=C\O)c1c(C(=O)OCC)ccn1Cc1ccc(Br)cc1.CCOC(=O)C1=CCC(=O)c2ccn(Cc3ccc(Br)cc3)c21.CCOC(=O)CC(=O)CC(C)=O.CCOC(=O)Cc1c(C(=O)OCC)ccn1Cc1ccc(Br)cc1.CCOC=O.NCc1ccc(Br)cc1.O=CCCl. The van der Waals surface area contributed by atoms with E-state index in [-0.39, 0.29) is 128 Å². The van der Waals surface area contributed by atoms with Gasteiger partial charge in [-0.3, -0.25) is 28.8 Å². The number of hydrogen-bond donors (Lipinski definition) is 3. The van der Waals surface area contributed by atoms with Crippen LogP contribution < -0.4 is 11.5 Å². The predicted octanol–water partition coefficient (Wildman–Crippen LogP) is 17.7. The first-order valence-corrected chi connectivity index (χ1v) is 45.0. The standard InChI is InChI=1S/C19H21BrN2O4.C19H20BrNO5.C18H20BrNO4.C18H16BrNO3.C8H12O4.C7H8BrN.C3H6O2.C2H3ClO/c1-3-25-18(23)15-9-10-22(12-13-5-7-14(20)8-6-13)17(15)16(11-21)19(24)26-4-2;1-3-25-18(23)15-9-10-21(11-13-5-7-14(20)8-6-13)17(15)16(12-22)19(24)26-4-2;1-3-23-17(21)11-16-15(18(22)24-4-2)9-10-20(16)12-13-5-7-14(19)8-6-13;1-2-23-18(22)15-7-8-16(21)14-9-10-20(17(14)15)11-12-3-5-13(19)6-4-12;1-3-12-8(11)5-7(10)4-6(2)9;8-7-3-1-6(5-9)2-4-7;1-2-5-3-4;3-1-2-4/h5-11H,3-4,12,21H2,1-2H3;5-10,12,22H,3-4,11H2,1-2H3;5-10H,3-4,11-12H2,1-2H3;3-7,9-10H,2,8,11H2,1H3;3-5H2,1-2H3;1-4H,5,9H2;3H,2H2,1H3;2H,1H2/b16-11-;16-12-;;;;;;. The highest BCUT2D eigenvalue weighted by atomic mass is 79.9. The molecule has 35 heteroatoms. The van der Waals surface area contributed by atoms with Gasteiger partial charge in [0.25, 0.3) is 6.47 Å². The number of fused-ring (bicyclic) bond motifs is 1. The molecule has 0 radical (unpaired) electrons. The lowest BCUT2D eigenvalue weighted by Gasteiger charge is -2.17. The number of ketones is 3. The van der Waals surface area contributed by atoms with Gasteiger partial charge in [-0.15, -0.1) is 11.6 Å². The van der Waals surface area contributed by atoms with Gasteiger partial charge in [-0.05, 0) is 182 Å². The fourth-order valence-corrected chi connectivity index (χ4v) is 12.8. The smallest absolute Gasteiger partial charge is 0.343 e. The summed E-state index contributed by atoms with van der Waals surface area (Å²) in [5.74, 6) is -4.59. The van der Waals surface area contributed by atoms with E-state index in [2.05, 4.69) is 89.1 Å². The molecule has 10 rings (SSSR count). The van der Waals surface area contributed by atoms with Crippen molar-refractivity contribution in [2.75, 3.05) is 65.3 Å². The van der Waals surface area contributed by atoms with Crippen molar-refractivity contribution >= 4 is 186 Å². The molecule has 129 heavy (non-hydrogen) atoms. The van der Waals surface area contributed by atoms with E-state index in [9.17, 15) is 62.6 Å². The molecular weight excluding hydrogens is 2020 g/mol. The Morgan fingerprint density at radius 2 is 0.783 bits per heavy atom. The van der Waals surface area contributed by atoms with Crippen LogP contribution in [0.2, 0.25) is 0 Å². The molecule has 692 valence electrons. The molecule has 4 heterocycles. The maximum absolute atomic E-state index is 12.3. The van der Waals surface area contributed by atoms with Gasteiger partial charge in [0.05, 0.1) is 129 Å². The number of nitrogens with zero attached hydrogens (tertiary/aromatic N) is 4. The highest BCUT2D eigenvalue weighted by Crippen LogP contribution is 2.32. The summed E-state index contributed by atoms with van der Waals surface area (Å²) in [7, 11) is 0. The summed E-state index contributed by atoms with van der Waals surface area (Å²) in [6, 6.07) is 45.9. The lowest BCUT2D eigenvalue weighted by molar-refractivity contribution is -0.146. The van der Waals surface area contributed by atoms with Crippen LogP contribution in [0.15, 0.2) is 211 Å². The number of esters is 8. The lowest BCUT2D eigenvalue weighted by atomic mass is 9.96. The van der Waals surface area contributed by atoms with Gasteiger partial charge in [0, 0.05) is 104 Å². The number of aldehydes is 1. The third-order valence-corrected chi connectivity index (χ3v) is 19.8. The van der Waals surface area contributed by atoms with Crippen LogP contribution in [0.5, 0.6) is 0 Å². The molecule has 0 saturated heterocycles. The van der Waals surface area contributed by atoms with E-state index in [1.165, 1.54) is 12.5 Å². The molecule has 5 aromatic carbocycles. The zero-order valence-corrected chi connectivity index (χ0v) is 81.8. The van der Waals surface area contributed by atoms with Crippen molar-refractivity contribution < 1.29 is 110 Å². The molecule has 5 N–H and O–H groups in total. The van der Waals surface area contributed by atoms with Crippen LogP contribution in [0.4, 0.5) is 0 Å². The van der Waals surface area contributed by atoms with Crippen molar-refractivity contribution in [1.29, 1.82) is 0 Å². The number of allylic oxidation sites excluding steroid dienone is 1. The summed E-state index contributed by atoms with van der Waals surface area (Å²) in [5, 5.41) is 9.62. The Bertz CT molecular complexity index is 5070. The first-order valence-electron chi connectivity index (χ1n) is 40.5. The summed E-state index contributed by atoms with van der Waals surface area (Å²) < 4.78 is 56.5. The number of Topliss-reactive ketones (excluding diaryl/α,β-unsaturated/α-hetero) is 3. The van der Waals surface area contributed by atoms with Crippen LogP contribution in [0, 0.1) is 0 Å². The van der Waals surface area contributed by atoms with Crippen LogP contribution in [0.1, 0.15) is 181 Å². The minimum absolute atomic E-state index is 0.0302. The zero-order chi connectivity index (χ0) is 95.9. The number of hydrogen-bond acceptors (Lipinski definition) is 25. The number of aromatic nitrogens is 4. The Hall–Kier alpha value is -11.4. The summed E-state index contributed by atoms with van der Waals surface area (Å²) in [6.45, 7) is 22.3.